The van der Waals surface area contributed by atoms with Crippen LogP contribution in [0.1, 0.15) is 30.9 Å². The molecule has 2 N–H and O–H groups in total. The number of hydrogen-bond donors (Lipinski definition) is 2. The number of urea groups is 1. The van der Waals surface area contributed by atoms with E-state index in [1.54, 1.807) is 13.0 Å². The monoisotopic (exact) mass is 330 g/mol. The lowest BCUT2D eigenvalue weighted by atomic mass is 10.0. The topological polar surface area (TPSA) is 52.6 Å². The molecule has 4 nitrogen and oxygen atoms in total. The van der Waals surface area contributed by atoms with E-state index in [9.17, 15) is 23.1 Å². The van der Waals surface area contributed by atoms with Crippen molar-refractivity contribution in [2.75, 3.05) is 13.1 Å². The van der Waals surface area contributed by atoms with Crippen molar-refractivity contribution in [1.29, 1.82) is 0 Å². The Kier molecular flexibility index (Phi) is 5.51. The lowest BCUT2D eigenvalue weighted by molar-refractivity contribution is -0.138. The lowest BCUT2D eigenvalue weighted by Gasteiger charge is -2.31. The number of β-amino-alcohol motifs (C(OH)–C–C–N with tert-alkyl or cyclic N) is 1. The van der Waals surface area contributed by atoms with E-state index in [1.807, 2.05) is 0 Å². The third kappa shape index (κ3) is 4.86. The minimum absolute atomic E-state index is 0.0951. The van der Waals surface area contributed by atoms with Crippen molar-refractivity contribution in [1.82, 2.24) is 10.2 Å². The summed E-state index contributed by atoms with van der Waals surface area (Å²) in [6.45, 7) is 2.48. The SMILES string of the molecule is C[C@@H](Cc1ccccc1C(F)(F)F)NC(=O)N1CCC[C@@H](O)C1. The molecule has 0 radical (unpaired) electrons. The van der Waals surface area contributed by atoms with Crippen LogP contribution in [-0.4, -0.2) is 41.3 Å². The number of piperidine rings is 1. The lowest BCUT2D eigenvalue weighted by Crippen LogP contribution is -2.49. The molecule has 1 aliphatic heterocycles. The van der Waals surface area contributed by atoms with Crippen molar-refractivity contribution in [3.8, 4) is 0 Å². The zero-order valence-corrected chi connectivity index (χ0v) is 12.9. The molecule has 0 unspecified atom stereocenters. The molecule has 0 bridgehead atoms. The number of aliphatic hydroxyl groups is 1. The largest absolute Gasteiger partial charge is 0.416 e. The molecule has 2 rings (SSSR count). The summed E-state index contributed by atoms with van der Waals surface area (Å²) in [5.74, 6) is 0. The van der Waals surface area contributed by atoms with Gasteiger partial charge in [-0.3, -0.25) is 0 Å². The molecule has 2 amide bonds. The Bertz CT molecular complexity index is 548. The van der Waals surface area contributed by atoms with Gasteiger partial charge in [0.05, 0.1) is 11.7 Å². The summed E-state index contributed by atoms with van der Waals surface area (Å²) in [5.41, 5.74) is -0.513. The molecular weight excluding hydrogens is 309 g/mol. The molecule has 128 valence electrons. The van der Waals surface area contributed by atoms with Crippen LogP contribution in [0.15, 0.2) is 24.3 Å². The number of amides is 2. The number of carbonyl (C=O) groups is 1. The maximum atomic E-state index is 13.0. The normalized spacial score (nSPS) is 20.2. The third-order valence-corrected chi connectivity index (χ3v) is 3.90. The number of carbonyl (C=O) groups excluding carboxylic acids is 1. The Balaban J connectivity index is 1.97. The summed E-state index contributed by atoms with van der Waals surface area (Å²) in [5, 5.41) is 12.3. The van der Waals surface area contributed by atoms with Gasteiger partial charge in [0.25, 0.3) is 0 Å². The summed E-state index contributed by atoms with van der Waals surface area (Å²) < 4.78 is 38.9. The highest BCUT2D eigenvalue weighted by Crippen LogP contribution is 2.32. The van der Waals surface area contributed by atoms with Crippen molar-refractivity contribution in [2.45, 2.75) is 44.5 Å². The number of nitrogens with zero attached hydrogens (tertiary/aromatic N) is 1. The molecule has 1 aromatic carbocycles. The van der Waals surface area contributed by atoms with Crippen LogP contribution < -0.4 is 5.32 Å². The third-order valence-electron chi connectivity index (χ3n) is 3.90. The summed E-state index contributed by atoms with van der Waals surface area (Å²) in [7, 11) is 0. The van der Waals surface area contributed by atoms with Crippen LogP contribution in [0.3, 0.4) is 0 Å². The number of alkyl halides is 3. The van der Waals surface area contributed by atoms with E-state index in [0.717, 1.165) is 12.5 Å². The van der Waals surface area contributed by atoms with Gasteiger partial charge in [-0.15, -0.1) is 0 Å². The molecule has 23 heavy (non-hydrogen) atoms. The number of halogens is 3. The van der Waals surface area contributed by atoms with E-state index < -0.39 is 23.9 Å². The second-order valence-electron chi connectivity index (χ2n) is 5.95. The van der Waals surface area contributed by atoms with Gasteiger partial charge in [0, 0.05) is 19.1 Å². The summed E-state index contributed by atoms with van der Waals surface area (Å²) in [4.78, 5) is 13.6. The number of aliphatic hydroxyl groups excluding tert-OH is 1. The second-order valence-corrected chi connectivity index (χ2v) is 5.95. The standard InChI is InChI=1S/C16H21F3N2O2/c1-11(20-15(23)21-8-4-6-13(22)10-21)9-12-5-2-3-7-14(12)16(17,18)19/h2-3,5,7,11,13,22H,4,6,8-10H2,1H3,(H,20,23)/t11-,13+/m0/s1. The Morgan fingerprint density at radius 1 is 1.43 bits per heavy atom. The van der Waals surface area contributed by atoms with Crippen LogP contribution in [0.5, 0.6) is 0 Å². The van der Waals surface area contributed by atoms with Gasteiger partial charge in [-0.25, -0.2) is 4.79 Å². The molecule has 7 heteroatoms. The number of benzene rings is 1. The van der Waals surface area contributed by atoms with Crippen LogP contribution in [-0.2, 0) is 12.6 Å². The van der Waals surface area contributed by atoms with Gasteiger partial charge < -0.3 is 15.3 Å². The highest BCUT2D eigenvalue weighted by Gasteiger charge is 2.33. The summed E-state index contributed by atoms with van der Waals surface area (Å²) in [6, 6.07) is 4.59. The van der Waals surface area contributed by atoms with Gasteiger partial charge in [0.1, 0.15) is 0 Å². The fourth-order valence-electron chi connectivity index (χ4n) is 2.80. The average molecular weight is 330 g/mol. The molecule has 1 heterocycles. The molecule has 2 atom stereocenters. The minimum Gasteiger partial charge on any atom is -0.391 e. The van der Waals surface area contributed by atoms with Crippen molar-refractivity contribution < 1.29 is 23.1 Å². The maximum Gasteiger partial charge on any atom is 0.416 e. The zero-order chi connectivity index (χ0) is 17.0. The molecular formula is C16H21F3N2O2. The Hall–Kier alpha value is -1.76. The molecule has 0 saturated carbocycles. The highest BCUT2D eigenvalue weighted by molar-refractivity contribution is 5.74. The van der Waals surface area contributed by atoms with Crippen molar-refractivity contribution in [3.05, 3.63) is 35.4 Å². The zero-order valence-electron chi connectivity index (χ0n) is 12.9. The summed E-state index contributed by atoms with van der Waals surface area (Å²) in [6.07, 6.45) is -3.46. The van der Waals surface area contributed by atoms with Crippen molar-refractivity contribution in [2.24, 2.45) is 0 Å². The predicted octanol–water partition coefficient (Wildman–Crippen LogP) is 2.80. The van der Waals surface area contributed by atoms with Gasteiger partial charge in [-0.2, -0.15) is 13.2 Å². The smallest absolute Gasteiger partial charge is 0.391 e. The van der Waals surface area contributed by atoms with Gasteiger partial charge in [-0.1, -0.05) is 18.2 Å². The van der Waals surface area contributed by atoms with Gasteiger partial charge in [0.15, 0.2) is 0 Å². The first-order valence-electron chi connectivity index (χ1n) is 7.66. The fraction of sp³-hybridized carbons (Fsp3) is 0.562. The van der Waals surface area contributed by atoms with Gasteiger partial charge in [0.2, 0.25) is 0 Å². The summed E-state index contributed by atoms with van der Waals surface area (Å²) >= 11 is 0. The molecule has 1 aromatic rings. The molecule has 0 aromatic heterocycles. The second kappa shape index (κ2) is 7.21. The number of rotatable bonds is 3. The van der Waals surface area contributed by atoms with E-state index in [0.29, 0.717) is 13.0 Å². The average Bonchev–Trinajstić information content (AvgIpc) is 2.46. The highest BCUT2D eigenvalue weighted by atomic mass is 19.4. The molecule has 1 fully saturated rings. The number of nitrogens with one attached hydrogen (secondary N) is 1. The van der Waals surface area contributed by atoms with Crippen LogP contribution in [0.4, 0.5) is 18.0 Å². The number of likely N-dealkylation sites (tertiary alicyclic amines) is 1. The quantitative estimate of drug-likeness (QED) is 0.895. The molecule has 0 spiro atoms. The van der Waals surface area contributed by atoms with Crippen LogP contribution in [0.2, 0.25) is 0 Å². The van der Waals surface area contributed by atoms with E-state index in [2.05, 4.69) is 5.32 Å². The first-order valence-corrected chi connectivity index (χ1v) is 7.66. The first kappa shape index (κ1) is 17.6. The van der Waals surface area contributed by atoms with Crippen LogP contribution >= 0.6 is 0 Å². The van der Waals surface area contributed by atoms with E-state index in [-0.39, 0.29) is 24.6 Å². The maximum absolute atomic E-state index is 13.0. The Morgan fingerprint density at radius 2 is 2.13 bits per heavy atom. The predicted molar refractivity (Wildman–Crippen MR) is 80.0 cm³/mol. The Morgan fingerprint density at radius 3 is 2.78 bits per heavy atom. The van der Waals surface area contributed by atoms with E-state index >= 15 is 0 Å². The molecule has 0 aliphatic carbocycles. The Labute approximate surface area is 133 Å². The van der Waals surface area contributed by atoms with Gasteiger partial charge in [-0.05, 0) is 37.8 Å². The van der Waals surface area contributed by atoms with Crippen molar-refractivity contribution in [3.63, 3.8) is 0 Å². The minimum atomic E-state index is -4.41. The number of hydrogen-bond acceptors (Lipinski definition) is 2. The molecule has 1 saturated heterocycles. The van der Waals surface area contributed by atoms with E-state index in [4.69, 9.17) is 0 Å². The van der Waals surface area contributed by atoms with Crippen molar-refractivity contribution >= 4 is 6.03 Å². The van der Waals surface area contributed by atoms with E-state index in [1.165, 1.54) is 17.0 Å². The van der Waals surface area contributed by atoms with Crippen LogP contribution in [0, 0.1) is 0 Å². The van der Waals surface area contributed by atoms with Gasteiger partial charge >= 0.3 is 12.2 Å². The first-order chi connectivity index (χ1) is 10.8. The van der Waals surface area contributed by atoms with Crippen LogP contribution in [0.25, 0.3) is 0 Å². The molecule has 1 aliphatic rings. The fourth-order valence-corrected chi connectivity index (χ4v) is 2.80.